The Balaban J connectivity index is 2.82. The molecule has 1 fully saturated rings. The van der Waals surface area contributed by atoms with Crippen LogP contribution in [0.1, 0.15) is 19.3 Å². The average Bonchev–Trinajstić information content (AvgIpc) is 2.30. The highest BCUT2D eigenvalue weighted by Crippen LogP contribution is 2.21. The number of Topliss-reactive ketones (excluding diaryl/α,β-unsaturated/α-hetero) is 2. The van der Waals surface area contributed by atoms with Crippen molar-refractivity contribution >= 4 is 11.6 Å². The molecule has 92 valence electrons. The predicted octanol–water partition coefficient (Wildman–Crippen LogP) is -0.924. The quantitative estimate of drug-likeness (QED) is 0.512. The summed E-state index contributed by atoms with van der Waals surface area (Å²) < 4.78 is 0. The van der Waals surface area contributed by atoms with Crippen molar-refractivity contribution < 1.29 is 9.59 Å². The van der Waals surface area contributed by atoms with Gasteiger partial charge in [0.15, 0.2) is 11.6 Å². The molecule has 0 aromatic carbocycles. The summed E-state index contributed by atoms with van der Waals surface area (Å²) in [6.07, 6.45) is 2.58. The number of ketones is 2. The van der Waals surface area contributed by atoms with Crippen LogP contribution in [0.5, 0.6) is 0 Å². The van der Waals surface area contributed by atoms with Crippen LogP contribution in [0.2, 0.25) is 0 Å². The van der Waals surface area contributed by atoms with Gasteiger partial charge in [0, 0.05) is 0 Å². The molecule has 0 aliphatic carbocycles. The van der Waals surface area contributed by atoms with Gasteiger partial charge in [0.1, 0.15) is 5.54 Å². The zero-order valence-corrected chi connectivity index (χ0v) is 10.1. The lowest BCUT2D eigenvalue weighted by Crippen LogP contribution is -2.63. The van der Waals surface area contributed by atoms with Crippen LogP contribution in [0, 0.1) is 0 Å². The summed E-state index contributed by atoms with van der Waals surface area (Å²) in [6.45, 7) is 1.22. The normalized spacial score (nSPS) is 19.4. The van der Waals surface area contributed by atoms with E-state index in [2.05, 4.69) is 16.0 Å². The van der Waals surface area contributed by atoms with Crippen LogP contribution in [-0.4, -0.2) is 50.8 Å². The van der Waals surface area contributed by atoms with Crippen LogP contribution in [0.25, 0.3) is 0 Å². The van der Waals surface area contributed by atoms with Crippen LogP contribution in [0.4, 0.5) is 0 Å². The number of carbonyl (C=O) groups excluding carboxylic acids is 2. The third-order valence-corrected chi connectivity index (χ3v) is 3.03. The molecule has 1 saturated heterocycles. The monoisotopic (exact) mass is 227 g/mol. The first-order valence-corrected chi connectivity index (χ1v) is 5.78. The van der Waals surface area contributed by atoms with Gasteiger partial charge in [-0.05, 0) is 39.9 Å². The SMILES string of the molecule is CNCC(=O)C1(C(=O)CNC)CCCCN1. The molecule has 3 N–H and O–H groups in total. The molecule has 1 aliphatic rings. The number of hydrogen-bond acceptors (Lipinski definition) is 5. The predicted molar refractivity (Wildman–Crippen MR) is 62.5 cm³/mol. The van der Waals surface area contributed by atoms with E-state index in [-0.39, 0.29) is 24.7 Å². The highest BCUT2D eigenvalue weighted by Gasteiger charge is 2.44. The minimum atomic E-state index is -0.954. The van der Waals surface area contributed by atoms with Crippen LogP contribution in [0.15, 0.2) is 0 Å². The van der Waals surface area contributed by atoms with Crippen molar-refractivity contribution in [2.24, 2.45) is 0 Å². The molecular weight excluding hydrogens is 206 g/mol. The number of carbonyl (C=O) groups is 2. The molecule has 1 aliphatic heterocycles. The Hall–Kier alpha value is -0.780. The fourth-order valence-corrected chi connectivity index (χ4v) is 2.16. The van der Waals surface area contributed by atoms with E-state index < -0.39 is 5.54 Å². The average molecular weight is 227 g/mol. The lowest BCUT2D eigenvalue weighted by atomic mass is 9.81. The Morgan fingerprint density at radius 3 is 2.06 bits per heavy atom. The second kappa shape index (κ2) is 6.08. The summed E-state index contributed by atoms with van der Waals surface area (Å²) in [5.74, 6) is -0.0927. The largest absolute Gasteiger partial charge is 0.313 e. The van der Waals surface area contributed by atoms with Gasteiger partial charge in [0.05, 0.1) is 13.1 Å². The lowest BCUT2D eigenvalue weighted by molar-refractivity contribution is -0.136. The minimum Gasteiger partial charge on any atom is -0.313 e. The maximum absolute atomic E-state index is 12.1. The Bertz CT molecular complexity index is 240. The minimum absolute atomic E-state index is 0.0463. The third-order valence-electron chi connectivity index (χ3n) is 3.03. The molecule has 1 rings (SSSR count). The Morgan fingerprint density at radius 2 is 1.69 bits per heavy atom. The fourth-order valence-electron chi connectivity index (χ4n) is 2.16. The van der Waals surface area contributed by atoms with Crippen molar-refractivity contribution in [1.82, 2.24) is 16.0 Å². The van der Waals surface area contributed by atoms with Gasteiger partial charge in [0.2, 0.25) is 0 Å². The zero-order valence-electron chi connectivity index (χ0n) is 10.1. The highest BCUT2D eigenvalue weighted by atomic mass is 16.2. The second-order valence-corrected chi connectivity index (χ2v) is 4.20. The van der Waals surface area contributed by atoms with E-state index in [1.165, 1.54) is 0 Å². The molecule has 0 radical (unpaired) electrons. The summed E-state index contributed by atoms with van der Waals surface area (Å²) in [5.41, 5.74) is -0.954. The summed E-state index contributed by atoms with van der Waals surface area (Å²) in [5, 5.41) is 8.77. The molecule has 0 aromatic heterocycles. The molecule has 0 spiro atoms. The van der Waals surface area contributed by atoms with E-state index in [0.29, 0.717) is 6.42 Å². The molecule has 0 bridgehead atoms. The Labute approximate surface area is 96.4 Å². The number of rotatable bonds is 6. The smallest absolute Gasteiger partial charge is 0.174 e. The fraction of sp³-hybridized carbons (Fsp3) is 0.818. The van der Waals surface area contributed by atoms with Crippen molar-refractivity contribution in [3.8, 4) is 0 Å². The van der Waals surface area contributed by atoms with Gasteiger partial charge >= 0.3 is 0 Å². The molecule has 5 nitrogen and oxygen atoms in total. The molecule has 0 saturated carbocycles. The van der Waals surface area contributed by atoms with Crippen LogP contribution < -0.4 is 16.0 Å². The van der Waals surface area contributed by atoms with Crippen molar-refractivity contribution in [2.45, 2.75) is 24.8 Å². The molecule has 16 heavy (non-hydrogen) atoms. The Kier molecular flexibility index (Phi) is 5.05. The standard InChI is InChI=1S/C11H21N3O2/c1-12-7-9(15)11(10(16)8-13-2)5-3-4-6-14-11/h12-14H,3-8H2,1-2H3. The van der Waals surface area contributed by atoms with Crippen molar-refractivity contribution in [3.05, 3.63) is 0 Å². The molecule has 0 unspecified atom stereocenters. The van der Waals surface area contributed by atoms with Crippen LogP contribution in [0.3, 0.4) is 0 Å². The topological polar surface area (TPSA) is 70.2 Å². The van der Waals surface area contributed by atoms with Gasteiger partial charge in [-0.25, -0.2) is 0 Å². The first-order chi connectivity index (χ1) is 7.67. The summed E-state index contributed by atoms with van der Waals surface area (Å²) in [4.78, 5) is 24.1. The maximum atomic E-state index is 12.1. The second-order valence-electron chi connectivity index (χ2n) is 4.20. The molecule has 1 heterocycles. The van der Waals surface area contributed by atoms with Gasteiger partial charge in [-0.15, -0.1) is 0 Å². The molecule has 0 aromatic rings. The summed E-state index contributed by atoms with van der Waals surface area (Å²) in [7, 11) is 3.44. The van der Waals surface area contributed by atoms with Gasteiger partial charge in [-0.3, -0.25) is 14.9 Å². The zero-order chi connectivity index (χ0) is 12.0. The first-order valence-electron chi connectivity index (χ1n) is 5.78. The van der Waals surface area contributed by atoms with E-state index in [1.54, 1.807) is 14.1 Å². The molecular formula is C11H21N3O2. The van der Waals surface area contributed by atoms with Crippen molar-refractivity contribution in [1.29, 1.82) is 0 Å². The van der Waals surface area contributed by atoms with E-state index in [1.807, 2.05) is 0 Å². The van der Waals surface area contributed by atoms with Crippen molar-refractivity contribution in [2.75, 3.05) is 33.7 Å². The van der Waals surface area contributed by atoms with Crippen LogP contribution in [-0.2, 0) is 9.59 Å². The number of hydrogen-bond donors (Lipinski definition) is 3. The van der Waals surface area contributed by atoms with Gasteiger partial charge in [-0.2, -0.15) is 0 Å². The van der Waals surface area contributed by atoms with Gasteiger partial charge < -0.3 is 10.6 Å². The molecule has 0 atom stereocenters. The van der Waals surface area contributed by atoms with E-state index >= 15 is 0 Å². The van der Waals surface area contributed by atoms with Crippen molar-refractivity contribution in [3.63, 3.8) is 0 Å². The number of likely N-dealkylation sites (N-methyl/N-ethyl adjacent to an activating group) is 2. The van der Waals surface area contributed by atoms with E-state index in [9.17, 15) is 9.59 Å². The van der Waals surface area contributed by atoms with Gasteiger partial charge in [-0.1, -0.05) is 0 Å². The molecule has 5 heteroatoms. The summed E-state index contributed by atoms with van der Waals surface area (Å²) in [6, 6.07) is 0. The third kappa shape index (κ3) is 2.66. The highest BCUT2D eigenvalue weighted by molar-refractivity contribution is 6.13. The summed E-state index contributed by atoms with van der Waals surface area (Å²) >= 11 is 0. The van der Waals surface area contributed by atoms with Crippen LogP contribution >= 0.6 is 0 Å². The van der Waals surface area contributed by atoms with Gasteiger partial charge in [0.25, 0.3) is 0 Å². The first kappa shape index (κ1) is 13.3. The van der Waals surface area contributed by atoms with E-state index in [0.717, 1.165) is 19.4 Å². The Morgan fingerprint density at radius 1 is 1.12 bits per heavy atom. The lowest BCUT2D eigenvalue weighted by Gasteiger charge is -2.35. The van der Waals surface area contributed by atoms with E-state index in [4.69, 9.17) is 0 Å². The maximum Gasteiger partial charge on any atom is 0.174 e. The number of piperidine rings is 1. The number of nitrogens with one attached hydrogen (secondary N) is 3. The molecule has 0 amide bonds.